The minimum Gasteiger partial charge on any atom is -0.295 e. The molecule has 0 saturated carbocycles. The van der Waals surface area contributed by atoms with Crippen LogP contribution in [0, 0.1) is 5.82 Å². The third kappa shape index (κ3) is 2.09. The summed E-state index contributed by atoms with van der Waals surface area (Å²) in [4.78, 5) is 11.5. The van der Waals surface area contributed by atoms with Gasteiger partial charge in [0.05, 0.1) is 12.2 Å². The van der Waals surface area contributed by atoms with Crippen molar-refractivity contribution in [3.8, 4) is 11.3 Å². The van der Waals surface area contributed by atoms with Crippen LogP contribution in [0.1, 0.15) is 0 Å². The van der Waals surface area contributed by atoms with E-state index in [0.717, 1.165) is 0 Å². The van der Waals surface area contributed by atoms with Crippen molar-refractivity contribution in [2.24, 2.45) is 0 Å². The number of nitrogens with one attached hydrogen (secondary N) is 1. The summed E-state index contributed by atoms with van der Waals surface area (Å²) in [5.74, 6) is -0.338. The number of aromatic nitrogens is 2. The van der Waals surface area contributed by atoms with E-state index in [0.29, 0.717) is 23.1 Å². The number of rotatable bonds is 3. The molecule has 16 heavy (non-hydrogen) atoms. The molecule has 0 saturated heterocycles. The van der Waals surface area contributed by atoms with E-state index in [1.165, 1.54) is 16.8 Å². The lowest BCUT2D eigenvalue weighted by atomic mass is 10.1. The number of aromatic amines is 1. The molecule has 3 nitrogen and oxygen atoms in total. The van der Waals surface area contributed by atoms with Crippen molar-refractivity contribution in [3.05, 3.63) is 46.5 Å². The Kier molecular flexibility index (Phi) is 3.24. The van der Waals surface area contributed by atoms with Gasteiger partial charge in [0.1, 0.15) is 5.82 Å². The second-order valence-electron chi connectivity index (χ2n) is 3.33. The summed E-state index contributed by atoms with van der Waals surface area (Å²) in [5, 5.41) is 3.54. The van der Waals surface area contributed by atoms with Crippen molar-refractivity contribution in [3.63, 3.8) is 0 Å². The normalized spacial score (nSPS) is 10.6. The van der Waals surface area contributed by atoms with E-state index < -0.39 is 0 Å². The lowest BCUT2D eigenvalue weighted by Gasteiger charge is -2.00. The largest absolute Gasteiger partial charge is 0.295 e. The Morgan fingerprint density at radius 2 is 2.12 bits per heavy atom. The Labute approximate surface area is 100 Å². The lowest BCUT2D eigenvalue weighted by molar-refractivity contribution is 0.625. The minimum atomic E-state index is -0.338. The first-order chi connectivity index (χ1) is 7.72. The van der Waals surface area contributed by atoms with Gasteiger partial charge < -0.3 is 0 Å². The standard InChI is InChI=1S/C11H10BrFN2O/c12-5-6-15-11(16)7-10(14-15)8-3-1-2-4-9(8)13/h1-4,7,14H,5-6H2. The predicted molar refractivity (Wildman–Crippen MR) is 64.2 cm³/mol. The van der Waals surface area contributed by atoms with E-state index in [-0.39, 0.29) is 11.4 Å². The van der Waals surface area contributed by atoms with Crippen LogP contribution in [0.3, 0.4) is 0 Å². The summed E-state index contributed by atoms with van der Waals surface area (Å²) >= 11 is 3.25. The molecule has 0 spiro atoms. The van der Waals surface area contributed by atoms with Crippen molar-refractivity contribution in [1.82, 2.24) is 9.78 Å². The molecular weight excluding hydrogens is 275 g/mol. The molecule has 1 N–H and O–H groups in total. The second kappa shape index (κ2) is 4.65. The maximum Gasteiger partial charge on any atom is 0.267 e. The third-order valence-corrected chi connectivity index (χ3v) is 2.62. The number of halogens is 2. The van der Waals surface area contributed by atoms with Gasteiger partial charge in [-0.25, -0.2) is 4.39 Å². The fourth-order valence-electron chi connectivity index (χ4n) is 1.50. The summed E-state index contributed by atoms with van der Waals surface area (Å²) in [7, 11) is 0. The van der Waals surface area contributed by atoms with Crippen molar-refractivity contribution < 1.29 is 4.39 Å². The fraction of sp³-hybridized carbons (Fsp3) is 0.182. The van der Waals surface area contributed by atoms with E-state index in [2.05, 4.69) is 21.0 Å². The summed E-state index contributed by atoms with van der Waals surface area (Å²) < 4.78 is 14.9. The quantitative estimate of drug-likeness (QED) is 0.864. The highest BCUT2D eigenvalue weighted by Gasteiger charge is 2.08. The van der Waals surface area contributed by atoms with Crippen LogP contribution in [-0.4, -0.2) is 15.1 Å². The summed E-state index contributed by atoms with van der Waals surface area (Å²) in [6.07, 6.45) is 0. The average Bonchev–Trinajstić information content (AvgIpc) is 2.61. The predicted octanol–water partition coefficient (Wildman–Crippen LogP) is 2.38. The van der Waals surface area contributed by atoms with Gasteiger partial charge >= 0.3 is 0 Å². The van der Waals surface area contributed by atoms with Crippen LogP contribution >= 0.6 is 15.9 Å². The van der Waals surface area contributed by atoms with Gasteiger partial charge in [0.15, 0.2) is 0 Å². The fourth-order valence-corrected chi connectivity index (χ4v) is 1.86. The van der Waals surface area contributed by atoms with Crippen LogP contribution in [0.5, 0.6) is 0 Å². The monoisotopic (exact) mass is 284 g/mol. The zero-order valence-electron chi connectivity index (χ0n) is 8.41. The van der Waals surface area contributed by atoms with Gasteiger partial charge in [-0.1, -0.05) is 28.1 Å². The molecule has 0 aliphatic carbocycles. The lowest BCUT2D eigenvalue weighted by Crippen LogP contribution is -2.16. The zero-order chi connectivity index (χ0) is 11.5. The van der Waals surface area contributed by atoms with E-state index in [1.54, 1.807) is 18.2 Å². The highest BCUT2D eigenvalue weighted by molar-refractivity contribution is 9.09. The Morgan fingerprint density at radius 3 is 2.81 bits per heavy atom. The van der Waals surface area contributed by atoms with Crippen LogP contribution in [0.25, 0.3) is 11.3 Å². The molecule has 0 aliphatic rings. The van der Waals surface area contributed by atoms with Crippen molar-refractivity contribution in [1.29, 1.82) is 0 Å². The molecule has 84 valence electrons. The minimum absolute atomic E-state index is 0.155. The molecule has 1 heterocycles. The van der Waals surface area contributed by atoms with Gasteiger partial charge in [0, 0.05) is 17.0 Å². The Balaban J connectivity index is 2.46. The number of alkyl halides is 1. The molecule has 1 aromatic heterocycles. The highest BCUT2D eigenvalue weighted by atomic mass is 79.9. The number of nitrogens with zero attached hydrogens (tertiary/aromatic N) is 1. The van der Waals surface area contributed by atoms with Gasteiger partial charge in [0.25, 0.3) is 5.56 Å². The van der Waals surface area contributed by atoms with Crippen molar-refractivity contribution in [2.75, 3.05) is 5.33 Å². The van der Waals surface area contributed by atoms with Crippen molar-refractivity contribution >= 4 is 15.9 Å². The zero-order valence-corrected chi connectivity index (χ0v) is 10.00. The first kappa shape index (κ1) is 11.1. The summed E-state index contributed by atoms with van der Waals surface area (Å²) in [6.45, 7) is 0.535. The number of hydrogen-bond donors (Lipinski definition) is 1. The van der Waals surface area contributed by atoms with E-state index >= 15 is 0 Å². The van der Waals surface area contributed by atoms with Crippen LogP contribution in [0.2, 0.25) is 0 Å². The van der Waals surface area contributed by atoms with Gasteiger partial charge in [-0.3, -0.25) is 14.6 Å². The molecule has 0 bridgehead atoms. The number of aryl methyl sites for hydroxylation is 1. The number of benzene rings is 1. The summed E-state index contributed by atoms with van der Waals surface area (Å²) in [6, 6.07) is 7.76. The average molecular weight is 285 g/mol. The molecule has 0 radical (unpaired) electrons. The first-order valence-electron chi connectivity index (χ1n) is 4.83. The van der Waals surface area contributed by atoms with E-state index in [9.17, 15) is 9.18 Å². The molecule has 2 aromatic rings. The molecule has 0 unspecified atom stereocenters. The summed E-state index contributed by atoms with van der Waals surface area (Å²) in [5.41, 5.74) is 0.759. The topological polar surface area (TPSA) is 37.8 Å². The second-order valence-corrected chi connectivity index (χ2v) is 4.12. The number of H-pyrrole nitrogens is 1. The van der Waals surface area contributed by atoms with Gasteiger partial charge in [-0.15, -0.1) is 0 Å². The van der Waals surface area contributed by atoms with Crippen LogP contribution in [0.4, 0.5) is 4.39 Å². The molecule has 0 atom stereocenters. The Hall–Kier alpha value is -1.36. The highest BCUT2D eigenvalue weighted by Crippen LogP contribution is 2.18. The molecule has 1 aromatic carbocycles. The molecule has 5 heteroatoms. The third-order valence-electron chi connectivity index (χ3n) is 2.26. The smallest absolute Gasteiger partial charge is 0.267 e. The van der Waals surface area contributed by atoms with E-state index in [4.69, 9.17) is 0 Å². The molecule has 0 aliphatic heterocycles. The van der Waals surface area contributed by atoms with Gasteiger partial charge in [0.2, 0.25) is 0 Å². The van der Waals surface area contributed by atoms with Crippen LogP contribution < -0.4 is 5.56 Å². The molecule has 2 rings (SSSR count). The van der Waals surface area contributed by atoms with Crippen molar-refractivity contribution in [2.45, 2.75) is 6.54 Å². The Bertz CT molecular complexity index is 547. The van der Waals surface area contributed by atoms with E-state index in [1.807, 2.05) is 0 Å². The molecular formula is C11H10BrFN2O. The molecule has 0 amide bonds. The number of hydrogen-bond acceptors (Lipinski definition) is 1. The Morgan fingerprint density at radius 1 is 1.38 bits per heavy atom. The maximum atomic E-state index is 13.5. The van der Waals surface area contributed by atoms with Crippen LogP contribution in [-0.2, 0) is 6.54 Å². The van der Waals surface area contributed by atoms with Crippen LogP contribution in [0.15, 0.2) is 35.1 Å². The SMILES string of the molecule is O=c1cc(-c2ccccc2F)[nH]n1CCBr. The van der Waals surface area contributed by atoms with Gasteiger partial charge in [-0.05, 0) is 12.1 Å². The first-order valence-corrected chi connectivity index (χ1v) is 5.95. The van der Waals surface area contributed by atoms with Gasteiger partial charge in [-0.2, -0.15) is 0 Å². The molecule has 0 fully saturated rings. The maximum absolute atomic E-state index is 13.5.